The highest BCUT2D eigenvalue weighted by Gasteiger charge is 2.27. The Kier molecular flexibility index (Phi) is 6.37. The van der Waals surface area contributed by atoms with E-state index in [-0.39, 0.29) is 0 Å². The van der Waals surface area contributed by atoms with E-state index < -0.39 is 5.97 Å². The average molecular weight is 312 g/mol. The third-order valence-corrected chi connectivity index (χ3v) is 2.92. The monoisotopic (exact) mass is 312 g/mol. The van der Waals surface area contributed by atoms with Gasteiger partial charge in [-0.05, 0) is 6.08 Å². The molecule has 7 nitrogen and oxygen atoms in total. The first-order valence-corrected chi connectivity index (χ1v) is 6.29. The maximum Gasteiger partial charge on any atom is 0.330 e. The fraction of sp³-hybridized carbons (Fsp3) is 0.400. The first kappa shape index (κ1) is 17.5. The van der Waals surface area contributed by atoms with Gasteiger partial charge in [-0.3, -0.25) is 0 Å². The van der Waals surface area contributed by atoms with E-state index in [2.05, 4.69) is 4.74 Å². The van der Waals surface area contributed by atoms with Crippen LogP contribution in [0.5, 0.6) is 28.7 Å². The van der Waals surface area contributed by atoms with E-state index in [4.69, 9.17) is 23.7 Å². The molecule has 0 saturated carbocycles. The number of carbonyl (C=O) groups is 1. The van der Waals surface area contributed by atoms with Crippen molar-refractivity contribution in [2.75, 3.05) is 42.7 Å². The van der Waals surface area contributed by atoms with Gasteiger partial charge in [-0.15, -0.1) is 0 Å². The van der Waals surface area contributed by atoms with Crippen LogP contribution in [0, 0.1) is 0 Å². The molecule has 0 aromatic heterocycles. The second-order valence-electron chi connectivity index (χ2n) is 3.94. The predicted octanol–water partition coefficient (Wildman–Crippen LogP) is 1.92. The van der Waals surface area contributed by atoms with Crippen LogP contribution >= 0.6 is 0 Å². The van der Waals surface area contributed by atoms with Crippen molar-refractivity contribution in [1.82, 2.24) is 0 Å². The van der Waals surface area contributed by atoms with Crippen LogP contribution in [-0.2, 0) is 9.53 Å². The summed E-state index contributed by atoms with van der Waals surface area (Å²) < 4.78 is 31.3. The van der Waals surface area contributed by atoms with E-state index in [0.717, 1.165) is 0 Å². The highest BCUT2D eigenvalue weighted by Crippen LogP contribution is 2.53. The molecule has 122 valence electrons. The molecule has 0 aliphatic rings. The molecule has 0 bridgehead atoms. The largest absolute Gasteiger partial charge is 0.492 e. The molecule has 0 aliphatic heterocycles. The average Bonchev–Trinajstić information content (AvgIpc) is 2.56. The van der Waals surface area contributed by atoms with Gasteiger partial charge in [0.1, 0.15) is 0 Å². The minimum absolute atomic E-state index is 0.326. The van der Waals surface area contributed by atoms with E-state index in [1.807, 2.05) is 0 Å². The van der Waals surface area contributed by atoms with Crippen LogP contribution in [0.2, 0.25) is 0 Å². The third-order valence-electron chi connectivity index (χ3n) is 2.92. The van der Waals surface area contributed by atoms with Gasteiger partial charge in [0, 0.05) is 6.08 Å². The summed E-state index contributed by atoms with van der Waals surface area (Å²) in [5.41, 5.74) is 0.463. The molecule has 0 N–H and O–H groups in total. The summed E-state index contributed by atoms with van der Waals surface area (Å²) in [5, 5.41) is 0. The molecule has 0 saturated heterocycles. The lowest BCUT2D eigenvalue weighted by Gasteiger charge is -2.20. The molecule has 1 aromatic rings. The van der Waals surface area contributed by atoms with Crippen molar-refractivity contribution in [3.05, 3.63) is 11.6 Å². The van der Waals surface area contributed by atoms with Gasteiger partial charge < -0.3 is 28.4 Å². The number of rotatable bonds is 7. The second-order valence-corrected chi connectivity index (χ2v) is 3.94. The zero-order valence-electron chi connectivity index (χ0n) is 13.5. The van der Waals surface area contributed by atoms with Crippen molar-refractivity contribution < 1.29 is 33.2 Å². The molecule has 7 heteroatoms. The molecule has 1 aromatic carbocycles. The topological polar surface area (TPSA) is 72.5 Å². The Morgan fingerprint density at radius 1 is 0.682 bits per heavy atom. The lowest BCUT2D eigenvalue weighted by atomic mass is 10.1. The molecule has 0 unspecified atom stereocenters. The van der Waals surface area contributed by atoms with Crippen LogP contribution in [-0.4, -0.2) is 48.6 Å². The van der Waals surface area contributed by atoms with E-state index in [9.17, 15) is 4.79 Å². The Balaban J connectivity index is 3.71. The van der Waals surface area contributed by atoms with Gasteiger partial charge in [0.2, 0.25) is 17.2 Å². The molecule has 1 rings (SSSR count). The summed E-state index contributed by atoms with van der Waals surface area (Å²) in [4.78, 5) is 11.3. The lowest BCUT2D eigenvalue weighted by molar-refractivity contribution is -0.134. The van der Waals surface area contributed by atoms with Crippen molar-refractivity contribution >= 4 is 12.0 Å². The quantitative estimate of drug-likeness (QED) is 0.562. The summed E-state index contributed by atoms with van der Waals surface area (Å²) in [5.74, 6) is 1.15. The fourth-order valence-corrected chi connectivity index (χ4v) is 1.99. The van der Waals surface area contributed by atoms with Gasteiger partial charge in [0.25, 0.3) is 0 Å². The number of methoxy groups -OCH3 is 6. The number of carbonyl (C=O) groups excluding carboxylic acids is 1. The van der Waals surface area contributed by atoms with Gasteiger partial charge in [-0.2, -0.15) is 0 Å². The first-order chi connectivity index (χ1) is 10.6. The van der Waals surface area contributed by atoms with Crippen molar-refractivity contribution in [1.29, 1.82) is 0 Å². The van der Waals surface area contributed by atoms with Crippen LogP contribution in [0.3, 0.4) is 0 Å². The van der Waals surface area contributed by atoms with Crippen molar-refractivity contribution in [2.24, 2.45) is 0 Å². The van der Waals surface area contributed by atoms with E-state index in [1.165, 1.54) is 54.8 Å². The molecular formula is C15H20O7. The van der Waals surface area contributed by atoms with Crippen LogP contribution < -0.4 is 23.7 Å². The summed E-state index contributed by atoms with van der Waals surface area (Å²) in [7, 11) is 8.65. The van der Waals surface area contributed by atoms with Gasteiger partial charge in [-0.1, -0.05) is 0 Å². The highest BCUT2D eigenvalue weighted by molar-refractivity contribution is 5.90. The van der Waals surface area contributed by atoms with E-state index >= 15 is 0 Å². The maximum absolute atomic E-state index is 11.3. The summed E-state index contributed by atoms with van der Waals surface area (Å²) in [6.07, 6.45) is 2.74. The standard InChI is InChI=1S/C15H20O7/c1-17-10(16)8-7-9-11(18-2)13(20-4)15(22-6)14(21-5)12(9)19-3/h7-8H,1-6H3. The van der Waals surface area contributed by atoms with Crippen LogP contribution in [0.15, 0.2) is 6.08 Å². The molecule has 0 radical (unpaired) electrons. The molecule has 0 heterocycles. The fourth-order valence-electron chi connectivity index (χ4n) is 1.99. The lowest BCUT2D eigenvalue weighted by Crippen LogP contribution is -2.03. The Morgan fingerprint density at radius 2 is 1.05 bits per heavy atom. The Bertz CT molecular complexity index is 530. The molecular weight excluding hydrogens is 292 g/mol. The summed E-state index contributed by atoms with van der Waals surface area (Å²) in [6, 6.07) is 0. The normalized spacial score (nSPS) is 10.3. The Labute approximate surface area is 129 Å². The zero-order chi connectivity index (χ0) is 16.7. The Morgan fingerprint density at radius 3 is 1.36 bits per heavy atom. The Hall–Kier alpha value is -2.57. The van der Waals surface area contributed by atoms with Gasteiger partial charge in [0.05, 0.1) is 48.2 Å². The second kappa shape index (κ2) is 8.02. The van der Waals surface area contributed by atoms with Crippen molar-refractivity contribution in [3.8, 4) is 28.7 Å². The zero-order valence-corrected chi connectivity index (χ0v) is 13.5. The van der Waals surface area contributed by atoms with Crippen LogP contribution in [0.4, 0.5) is 0 Å². The predicted molar refractivity (Wildman–Crippen MR) is 80.3 cm³/mol. The summed E-state index contributed by atoms with van der Waals surface area (Å²) in [6.45, 7) is 0. The molecule has 22 heavy (non-hydrogen) atoms. The maximum atomic E-state index is 11.3. The smallest absolute Gasteiger partial charge is 0.330 e. The highest BCUT2D eigenvalue weighted by atomic mass is 16.6. The number of esters is 1. The van der Waals surface area contributed by atoms with E-state index in [0.29, 0.717) is 34.3 Å². The van der Waals surface area contributed by atoms with Crippen molar-refractivity contribution in [2.45, 2.75) is 0 Å². The first-order valence-electron chi connectivity index (χ1n) is 6.29. The van der Waals surface area contributed by atoms with Crippen LogP contribution in [0.25, 0.3) is 6.08 Å². The number of hydrogen-bond donors (Lipinski definition) is 0. The number of benzene rings is 1. The van der Waals surface area contributed by atoms with Gasteiger partial charge >= 0.3 is 5.97 Å². The molecule has 0 amide bonds. The van der Waals surface area contributed by atoms with Crippen LogP contribution in [0.1, 0.15) is 5.56 Å². The number of ether oxygens (including phenoxy) is 6. The third kappa shape index (κ3) is 3.19. The van der Waals surface area contributed by atoms with Gasteiger partial charge in [-0.25, -0.2) is 4.79 Å². The molecule has 0 atom stereocenters. The minimum atomic E-state index is -0.516. The molecule has 0 fully saturated rings. The minimum Gasteiger partial charge on any atom is -0.492 e. The summed E-state index contributed by atoms with van der Waals surface area (Å²) >= 11 is 0. The molecule has 0 spiro atoms. The number of hydrogen-bond acceptors (Lipinski definition) is 7. The van der Waals surface area contributed by atoms with Crippen molar-refractivity contribution in [3.63, 3.8) is 0 Å². The SMILES string of the molecule is COC(=O)C=Cc1c(OC)c(OC)c(OC)c(OC)c1OC. The van der Waals surface area contributed by atoms with Gasteiger partial charge in [0.15, 0.2) is 11.5 Å². The van der Waals surface area contributed by atoms with E-state index in [1.54, 1.807) is 0 Å². The molecule has 0 aliphatic carbocycles.